The molecule has 0 aromatic rings. The van der Waals surface area contributed by atoms with Crippen molar-refractivity contribution in [3.8, 4) is 0 Å². The first-order valence-electron chi connectivity index (χ1n) is 6.82. The van der Waals surface area contributed by atoms with Gasteiger partial charge in [0.1, 0.15) is 5.54 Å². The van der Waals surface area contributed by atoms with Crippen LogP contribution in [0.4, 0.5) is 0 Å². The summed E-state index contributed by atoms with van der Waals surface area (Å²) in [4.78, 5) is 13.9. The molecule has 4 heteroatoms. The average molecular weight is 240 g/mol. The molecule has 1 aliphatic heterocycles. The van der Waals surface area contributed by atoms with Gasteiger partial charge in [-0.2, -0.15) is 0 Å². The lowest BCUT2D eigenvalue weighted by Crippen LogP contribution is -2.56. The Kier molecular flexibility index (Phi) is 4.05. The highest BCUT2D eigenvalue weighted by atomic mass is 16.4. The van der Waals surface area contributed by atoms with E-state index in [0.29, 0.717) is 5.92 Å². The molecule has 1 heterocycles. The molecule has 1 saturated carbocycles. The van der Waals surface area contributed by atoms with Crippen molar-refractivity contribution in [3.05, 3.63) is 0 Å². The van der Waals surface area contributed by atoms with Gasteiger partial charge in [0.05, 0.1) is 0 Å². The van der Waals surface area contributed by atoms with Crippen LogP contribution in [-0.4, -0.2) is 48.2 Å². The number of nitrogens with one attached hydrogen (secondary N) is 1. The number of hydrogen-bond donors (Lipinski definition) is 2. The molecule has 2 aliphatic rings. The van der Waals surface area contributed by atoms with E-state index in [0.717, 1.165) is 51.7 Å². The summed E-state index contributed by atoms with van der Waals surface area (Å²) in [6.07, 6.45) is 6.19. The first kappa shape index (κ1) is 12.8. The van der Waals surface area contributed by atoms with Crippen molar-refractivity contribution in [1.29, 1.82) is 0 Å². The van der Waals surface area contributed by atoms with Crippen LogP contribution in [0.3, 0.4) is 0 Å². The lowest BCUT2D eigenvalue weighted by Gasteiger charge is -2.43. The predicted octanol–water partition coefficient (Wildman–Crippen LogP) is 1.32. The maximum Gasteiger partial charge on any atom is 0.324 e. The van der Waals surface area contributed by atoms with Gasteiger partial charge in [-0.25, -0.2) is 0 Å². The standard InChI is InChI=1S/C13H24N2O2/c1-14-9-11-5-4-8-15(10-11)13(12(16)17)6-2-3-7-13/h11,14H,2-10H2,1H3,(H,16,17). The Balaban J connectivity index is 2.06. The van der Waals surface area contributed by atoms with Crippen molar-refractivity contribution in [2.45, 2.75) is 44.1 Å². The SMILES string of the molecule is CNCC1CCCN(C2(C(=O)O)CCCC2)C1. The fraction of sp³-hybridized carbons (Fsp3) is 0.923. The van der Waals surface area contributed by atoms with Crippen molar-refractivity contribution in [1.82, 2.24) is 10.2 Å². The summed E-state index contributed by atoms with van der Waals surface area (Å²) < 4.78 is 0. The van der Waals surface area contributed by atoms with Crippen molar-refractivity contribution >= 4 is 5.97 Å². The van der Waals surface area contributed by atoms with Gasteiger partial charge in [-0.15, -0.1) is 0 Å². The zero-order chi connectivity index (χ0) is 12.3. The molecule has 4 nitrogen and oxygen atoms in total. The minimum absolute atomic E-state index is 0.535. The van der Waals surface area contributed by atoms with Gasteiger partial charge in [0.2, 0.25) is 0 Å². The first-order chi connectivity index (χ1) is 8.19. The molecule has 0 aromatic carbocycles. The summed E-state index contributed by atoms with van der Waals surface area (Å²) in [6, 6.07) is 0. The number of carboxylic acid groups (broad SMARTS) is 1. The summed E-state index contributed by atoms with van der Waals surface area (Å²) in [6.45, 7) is 2.92. The normalized spacial score (nSPS) is 29.4. The van der Waals surface area contributed by atoms with Gasteiger partial charge in [0.25, 0.3) is 0 Å². The van der Waals surface area contributed by atoms with E-state index in [1.165, 1.54) is 6.42 Å². The monoisotopic (exact) mass is 240 g/mol. The van der Waals surface area contributed by atoms with Crippen LogP contribution in [0, 0.1) is 5.92 Å². The molecular formula is C13H24N2O2. The average Bonchev–Trinajstić information content (AvgIpc) is 2.80. The Morgan fingerprint density at radius 2 is 2.12 bits per heavy atom. The van der Waals surface area contributed by atoms with Crippen molar-refractivity contribution in [2.75, 3.05) is 26.7 Å². The Morgan fingerprint density at radius 3 is 2.71 bits per heavy atom. The number of carbonyl (C=O) groups is 1. The zero-order valence-corrected chi connectivity index (χ0v) is 10.7. The minimum atomic E-state index is -0.597. The number of aliphatic carboxylic acids is 1. The maximum absolute atomic E-state index is 11.6. The molecule has 98 valence electrons. The molecule has 1 atom stereocenters. The van der Waals surface area contributed by atoms with Gasteiger partial charge < -0.3 is 10.4 Å². The van der Waals surface area contributed by atoms with Gasteiger partial charge in [0, 0.05) is 6.54 Å². The van der Waals surface area contributed by atoms with Crippen molar-refractivity contribution < 1.29 is 9.90 Å². The van der Waals surface area contributed by atoms with E-state index >= 15 is 0 Å². The lowest BCUT2D eigenvalue weighted by atomic mass is 9.89. The highest BCUT2D eigenvalue weighted by Crippen LogP contribution is 2.37. The fourth-order valence-electron chi connectivity index (χ4n) is 3.53. The second kappa shape index (κ2) is 5.36. The van der Waals surface area contributed by atoms with E-state index in [-0.39, 0.29) is 0 Å². The van der Waals surface area contributed by atoms with Crippen LogP contribution in [0.25, 0.3) is 0 Å². The molecular weight excluding hydrogens is 216 g/mol. The van der Waals surface area contributed by atoms with Gasteiger partial charge in [-0.1, -0.05) is 12.8 Å². The number of rotatable bonds is 4. The molecule has 1 aliphatic carbocycles. The third-order valence-electron chi connectivity index (χ3n) is 4.45. The Hall–Kier alpha value is -0.610. The van der Waals surface area contributed by atoms with Crippen LogP contribution in [0.5, 0.6) is 0 Å². The molecule has 0 aromatic heterocycles. The van der Waals surface area contributed by atoms with Gasteiger partial charge in [-0.3, -0.25) is 9.69 Å². The molecule has 0 bridgehead atoms. The van der Waals surface area contributed by atoms with Crippen LogP contribution >= 0.6 is 0 Å². The summed E-state index contributed by atoms with van der Waals surface area (Å²) in [7, 11) is 1.97. The van der Waals surface area contributed by atoms with E-state index in [4.69, 9.17) is 0 Å². The Labute approximate surface area is 103 Å². The lowest BCUT2D eigenvalue weighted by molar-refractivity contribution is -0.152. The summed E-state index contributed by atoms with van der Waals surface area (Å²) in [5.41, 5.74) is -0.535. The smallest absolute Gasteiger partial charge is 0.324 e. The van der Waals surface area contributed by atoms with Gasteiger partial charge in [0.15, 0.2) is 0 Å². The van der Waals surface area contributed by atoms with Gasteiger partial charge >= 0.3 is 5.97 Å². The highest BCUT2D eigenvalue weighted by Gasteiger charge is 2.47. The van der Waals surface area contributed by atoms with E-state index in [1.54, 1.807) is 0 Å². The van der Waals surface area contributed by atoms with Crippen LogP contribution in [0.2, 0.25) is 0 Å². The molecule has 2 fully saturated rings. The fourth-order valence-corrected chi connectivity index (χ4v) is 3.53. The molecule has 1 unspecified atom stereocenters. The Morgan fingerprint density at radius 1 is 1.41 bits per heavy atom. The maximum atomic E-state index is 11.6. The number of piperidine rings is 1. The molecule has 2 rings (SSSR count). The van der Waals surface area contributed by atoms with Gasteiger partial charge in [-0.05, 0) is 51.7 Å². The molecule has 0 spiro atoms. The molecule has 0 amide bonds. The predicted molar refractivity (Wildman–Crippen MR) is 67.1 cm³/mol. The number of nitrogens with zero attached hydrogens (tertiary/aromatic N) is 1. The third kappa shape index (κ3) is 2.47. The van der Waals surface area contributed by atoms with E-state index in [2.05, 4.69) is 10.2 Å². The third-order valence-corrected chi connectivity index (χ3v) is 4.45. The topological polar surface area (TPSA) is 52.6 Å². The minimum Gasteiger partial charge on any atom is -0.480 e. The highest BCUT2D eigenvalue weighted by molar-refractivity contribution is 5.79. The number of carboxylic acids is 1. The summed E-state index contributed by atoms with van der Waals surface area (Å²) >= 11 is 0. The Bertz CT molecular complexity index is 273. The molecule has 17 heavy (non-hydrogen) atoms. The van der Waals surface area contributed by atoms with E-state index in [1.807, 2.05) is 7.05 Å². The summed E-state index contributed by atoms with van der Waals surface area (Å²) in [5, 5.41) is 12.8. The molecule has 1 saturated heterocycles. The van der Waals surface area contributed by atoms with E-state index < -0.39 is 11.5 Å². The quantitative estimate of drug-likeness (QED) is 0.778. The number of hydrogen-bond acceptors (Lipinski definition) is 3. The second-order valence-electron chi connectivity index (χ2n) is 5.56. The van der Waals surface area contributed by atoms with E-state index in [9.17, 15) is 9.90 Å². The second-order valence-corrected chi connectivity index (χ2v) is 5.56. The first-order valence-corrected chi connectivity index (χ1v) is 6.82. The summed E-state index contributed by atoms with van der Waals surface area (Å²) in [5.74, 6) is 0.0192. The van der Waals surface area contributed by atoms with Crippen LogP contribution in [0.15, 0.2) is 0 Å². The van der Waals surface area contributed by atoms with Crippen LogP contribution in [-0.2, 0) is 4.79 Å². The molecule has 0 radical (unpaired) electrons. The van der Waals surface area contributed by atoms with Crippen LogP contribution in [0.1, 0.15) is 38.5 Å². The largest absolute Gasteiger partial charge is 0.480 e. The van der Waals surface area contributed by atoms with Crippen LogP contribution < -0.4 is 5.32 Å². The molecule has 2 N–H and O–H groups in total. The zero-order valence-electron chi connectivity index (χ0n) is 10.7. The van der Waals surface area contributed by atoms with Crippen molar-refractivity contribution in [3.63, 3.8) is 0 Å². The number of likely N-dealkylation sites (tertiary alicyclic amines) is 1. The van der Waals surface area contributed by atoms with Crippen molar-refractivity contribution in [2.24, 2.45) is 5.92 Å².